The number of azo groups is 1. The predicted molar refractivity (Wildman–Crippen MR) is 58.9 cm³/mol. The lowest BCUT2D eigenvalue weighted by molar-refractivity contribution is 0.242. The molecule has 0 fully saturated rings. The van der Waals surface area contributed by atoms with Crippen LogP contribution in [0.15, 0.2) is 34.5 Å². The smallest absolute Gasteiger partial charge is 0.139 e. The summed E-state index contributed by atoms with van der Waals surface area (Å²) in [5.41, 5.74) is 1.15. The van der Waals surface area contributed by atoms with Gasteiger partial charge in [-0.3, -0.25) is 0 Å². The summed E-state index contributed by atoms with van der Waals surface area (Å²) in [4.78, 5) is 0. The third kappa shape index (κ3) is 2.55. The Hall–Kier alpha value is -1.38. The molecule has 3 heteroatoms. The molecule has 0 aliphatic carbocycles. The van der Waals surface area contributed by atoms with E-state index in [1.54, 1.807) is 0 Å². The highest BCUT2D eigenvalue weighted by atomic mass is 16.5. The second kappa shape index (κ2) is 4.43. The van der Waals surface area contributed by atoms with E-state index in [0.717, 1.165) is 30.3 Å². The molecule has 0 spiro atoms. The summed E-state index contributed by atoms with van der Waals surface area (Å²) in [6.45, 7) is 4.86. The lowest BCUT2D eigenvalue weighted by Gasteiger charge is -2.10. The van der Waals surface area contributed by atoms with Crippen LogP contribution in [-0.4, -0.2) is 12.6 Å². The van der Waals surface area contributed by atoms with Crippen LogP contribution in [0.2, 0.25) is 0 Å². The van der Waals surface area contributed by atoms with Crippen molar-refractivity contribution in [3.8, 4) is 5.75 Å². The summed E-state index contributed by atoms with van der Waals surface area (Å²) < 4.78 is 5.57. The van der Waals surface area contributed by atoms with Crippen LogP contribution in [0.5, 0.6) is 5.75 Å². The van der Waals surface area contributed by atoms with Crippen molar-refractivity contribution in [2.75, 3.05) is 6.54 Å². The number of hydrogen-bond donors (Lipinski definition) is 0. The van der Waals surface area contributed by atoms with Gasteiger partial charge in [-0.2, -0.15) is 10.2 Å². The van der Waals surface area contributed by atoms with Gasteiger partial charge in [0.05, 0.1) is 12.6 Å². The van der Waals surface area contributed by atoms with Gasteiger partial charge in [-0.15, -0.1) is 0 Å². The van der Waals surface area contributed by atoms with Crippen molar-refractivity contribution < 1.29 is 4.74 Å². The second-order valence-electron chi connectivity index (χ2n) is 3.85. The largest absolute Gasteiger partial charge is 0.491 e. The zero-order valence-corrected chi connectivity index (χ0v) is 9.10. The maximum absolute atomic E-state index is 5.57. The summed E-state index contributed by atoms with van der Waals surface area (Å²) in [7, 11) is 0. The molecule has 0 N–H and O–H groups in total. The van der Waals surface area contributed by atoms with Gasteiger partial charge < -0.3 is 4.74 Å². The van der Waals surface area contributed by atoms with Gasteiger partial charge in [0.2, 0.25) is 0 Å². The molecule has 0 unspecified atom stereocenters. The van der Waals surface area contributed by atoms with E-state index in [0.29, 0.717) is 0 Å². The summed E-state index contributed by atoms with van der Waals surface area (Å²) in [5.74, 6) is 0.907. The molecule has 0 saturated carbocycles. The van der Waals surface area contributed by atoms with E-state index >= 15 is 0 Å². The maximum Gasteiger partial charge on any atom is 0.139 e. The Kier molecular flexibility index (Phi) is 2.99. The Bertz CT molecular complexity index is 343. The number of ether oxygens (including phenoxy) is 1. The van der Waals surface area contributed by atoms with Gasteiger partial charge in [0, 0.05) is 6.42 Å². The van der Waals surface area contributed by atoms with E-state index in [4.69, 9.17) is 4.74 Å². The quantitative estimate of drug-likeness (QED) is 0.742. The van der Waals surface area contributed by atoms with Crippen molar-refractivity contribution in [3.05, 3.63) is 35.9 Å². The fourth-order valence-corrected chi connectivity index (χ4v) is 1.54. The van der Waals surface area contributed by atoms with Gasteiger partial charge in [-0.25, -0.2) is 0 Å². The van der Waals surface area contributed by atoms with Gasteiger partial charge in [0.15, 0.2) is 0 Å². The first-order valence-electron chi connectivity index (χ1n) is 5.26. The molecule has 2 rings (SSSR count). The van der Waals surface area contributed by atoms with Gasteiger partial charge in [0.25, 0.3) is 0 Å². The van der Waals surface area contributed by atoms with Gasteiger partial charge in [-0.1, -0.05) is 12.1 Å². The fraction of sp³-hybridized carbons (Fsp3) is 0.417. The molecule has 1 aromatic rings. The summed E-state index contributed by atoms with van der Waals surface area (Å²) in [6.07, 6.45) is 1.17. The molecule has 0 bridgehead atoms. The molecule has 1 radical (unpaired) electrons. The SMILES string of the molecule is CC(C)Oc1ccc([C]2CCN=N2)cc1. The molecular formula is C12H15N2O. The van der Waals surface area contributed by atoms with Crippen molar-refractivity contribution in [2.24, 2.45) is 10.2 Å². The van der Waals surface area contributed by atoms with Crippen LogP contribution in [-0.2, 0) is 0 Å². The zero-order valence-electron chi connectivity index (χ0n) is 9.10. The zero-order chi connectivity index (χ0) is 10.7. The van der Waals surface area contributed by atoms with Crippen LogP contribution < -0.4 is 4.74 Å². The van der Waals surface area contributed by atoms with Crippen LogP contribution in [0.3, 0.4) is 0 Å². The standard InChI is InChI=1S/C12H15N2O/c1-9(2)15-11-5-3-10(4-6-11)12-7-8-13-14-12/h3-6,9H,7-8H2,1-2H3. The van der Waals surface area contributed by atoms with Gasteiger partial charge in [0.1, 0.15) is 11.8 Å². The fourth-order valence-electron chi connectivity index (χ4n) is 1.54. The van der Waals surface area contributed by atoms with E-state index in [-0.39, 0.29) is 6.10 Å². The average Bonchev–Trinajstić information content (AvgIpc) is 2.71. The predicted octanol–water partition coefficient (Wildman–Crippen LogP) is 3.21. The Labute approximate surface area is 90.2 Å². The summed E-state index contributed by atoms with van der Waals surface area (Å²) >= 11 is 0. The Morgan fingerprint density at radius 3 is 2.47 bits per heavy atom. The second-order valence-corrected chi connectivity index (χ2v) is 3.85. The lowest BCUT2D eigenvalue weighted by atomic mass is 10.1. The lowest BCUT2D eigenvalue weighted by Crippen LogP contribution is -2.05. The molecule has 79 valence electrons. The van der Waals surface area contributed by atoms with Gasteiger partial charge >= 0.3 is 0 Å². The first-order chi connectivity index (χ1) is 7.25. The minimum Gasteiger partial charge on any atom is -0.491 e. The summed E-state index contributed by atoms with van der Waals surface area (Å²) in [6, 6.07) is 9.12. The Balaban J connectivity index is 2.06. The molecule has 1 aliphatic rings. The summed E-state index contributed by atoms with van der Waals surface area (Å²) in [5, 5.41) is 8.07. The number of nitrogens with zero attached hydrogens (tertiary/aromatic N) is 2. The molecular weight excluding hydrogens is 188 g/mol. The van der Waals surface area contributed by atoms with E-state index in [2.05, 4.69) is 10.2 Å². The minimum atomic E-state index is 0.217. The first-order valence-corrected chi connectivity index (χ1v) is 5.26. The van der Waals surface area contributed by atoms with Crippen molar-refractivity contribution in [1.29, 1.82) is 0 Å². The average molecular weight is 203 g/mol. The molecule has 1 heterocycles. The van der Waals surface area contributed by atoms with Crippen LogP contribution >= 0.6 is 0 Å². The topological polar surface area (TPSA) is 34.0 Å². The van der Waals surface area contributed by atoms with Crippen molar-refractivity contribution in [3.63, 3.8) is 0 Å². The van der Waals surface area contributed by atoms with E-state index in [1.807, 2.05) is 38.1 Å². The molecule has 0 atom stereocenters. The van der Waals surface area contributed by atoms with Crippen molar-refractivity contribution >= 4 is 0 Å². The van der Waals surface area contributed by atoms with E-state index in [9.17, 15) is 0 Å². The van der Waals surface area contributed by atoms with E-state index in [1.165, 1.54) is 0 Å². The normalized spacial score (nSPS) is 16.2. The monoisotopic (exact) mass is 203 g/mol. The highest BCUT2D eigenvalue weighted by Gasteiger charge is 2.15. The van der Waals surface area contributed by atoms with Crippen LogP contribution in [0.25, 0.3) is 0 Å². The third-order valence-corrected chi connectivity index (χ3v) is 2.20. The van der Waals surface area contributed by atoms with Crippen molar-refractivity contribution in [1.82, 2.24) is 0 Å². The van der Waals surface area contributed by atoms with Crippen LogP contribution in [0.4, 0.5) is 0 Å². The molecule has 3 nitrogen and oxygen atoms in total. The number of benzene rings is 1. The van der Waals surface area contributed by atoms with Crippen molar-refractivity contribution in [2.45, 2.75) is 26.4 Å². The molecule has 0 aromatic heterocycles. The Morgan fingerprint density at radius 2 is 1.93 bits per heavy atom. The first kappa shape index (κ1) is 10.1. The molecule has 0 saturated heterocycles. The third-order valence-electron chi connectivity index (χ3n) is 2.20. The molecule has 1 aromatic carbocycles. The van der Waals surface area contributed by atoms with Crippen LogP contribution in [0, 0.1) is 6.04 Å². The molecule has 15 heavy (non-hydrogen) atoms. The minimum absolute atomic E-state index is 0.217. The Morgan fingerprint density at radius 1 is 1.20 bits per heavy atom. The van der Waals surface area contributed by atoms with Crippen LogP contribution in [0.1, 0.15) is 25.8 Å². The number of hydrogen-bond acceptors (Lipinski definition) is 3. The maximum atomic E-state index is 5.57. The molecule has 0 amide bonds. The number of rotatable bonds is 3. The highest BCUT2D eigenvalue weighted by molar-refractivity contribution is 5.35. The highest BCUT2D eigenvalue weighted by Crippen LogP contribution is 2.26. The van der Waals surface area contributed by atoms with Gasteiger partial charge in [-0.05, 0) is 31.5 Å². The van der Waals surface area contributed by atoms with E-state index < -0.39 is 0 Å². The molecule has 1 aliphatic heterocycles.